The Morgan fingerprint density at radius 3 is 2.94 bits per heavy atom. The van der Waals surface area contributed by atoms with E-state index in [1.54, 1.807) is 11.3 Å². The first-order valence-electron chi connectivity index (χ1n) is 5.73. The molecule has 2 rings (SSSR count). The number of aromatic nitrogens is 1. The minimum absolute atomic E-state index is 0.160. The number of nitrogens with one attached hydrogen (secondary N) is 1. The number of piperidine rings is 1. The van der Waals surface area contributed by atoms with Crippen molar-refractivity contribution in [3.63, 3.8) is 0 Å². The van der Waals surface area contributed by atoms with Crippen molar-refractivity contribution < 1.29 is 4.79 Å². The molecule has 1 aromatic heterocycles. The fraction of sp³-hybridized carbons (Fsp3) is 0.636. The van der Waals surface area contributed by atoms with E-state index in [-0.39, 0.29) is 5.91 Å². The van der Waals surface area contributed by atoms with Gasteiger partial charge in [-0.3, -0.25) is 4.79 Å². The van der Waals surface area contributed by atoms with Crippen LogP contribution in [0.15, 0.2) is 11.6 Å². The van der Waals surface area contributed by atoms with E-state index in [2.05, 4.69) is 15.2 Å². The predicted molar refractivity (Wildman–Crippen MR) is 65.8 cm³/mol. The van der Waals surface area contributed by atoms with Gasteiger partial charge in [-0.05, 0) is 12.8 Å². The topological polar surface area (TPSA) is 45.2 Å². The Morgan fingerprint density at radius 1 is 1.62 bits per heavy atom. The molecule has 0 aliphatic carbocycles. The Labute approximate surface area is 99.7 Å². The van der Waals surface area contributed by atoms with Gasteiger partial charge in [0.15, 0.2) is 5.13 Å². The van der Waals surface area contributed by atoms with Gasteiger partial charge in [-0.2, -0.15) is 0 Å². The first-order chi connectivity index (χ1) is 7.79. The third-order valence-corrected chi connectivity index (χ3v) is 3.70. The summed E-state index contributed by atoms with van der Waals surface area (Å²) < 4.78 is 0. The average molecular weight is 239 g/mol. The molecular weight excluding hydrogens is 222 g/mol. The third kappa shape index (κ3) is 2.72. The minimum Gasteiger partial charge on any atom is -0.353 e. The Hall–Kier alpha value is -1.10. The molecule has 1 aliphatic heterocycles. The highest BCUT2D eigenvalue weighted by Gasteiger charge is 2.21. The van der Waals surface area contributed by atoms with Crippen LogP contribution in [0.25, 0.3) is 0 Å². The van der Waals surface area contributed by atoms with Gasteiger partial charge in [0.1, 0.15) is 0 Å². The van der Waals surface area contributed by atoms with E-state index in [4.69, 9.17) is 0 Å². The lowest BCUT2D eigenvalue weighted by Gasteiger charge is -2.32. The molecule has 0 bridgehead atoms. The van der Waals surface area contributed by atoms with Crippen LogP contribution in [-0.2, 0) is 4.79 Å². The zero-order chi connectivity index (χ0) is 11.4. The lowest BCUT2D eigenvalue weighted by Crippen LogP contribution is -2.44. The largest absolute Gasteiger partial charge is 0.353 e. The van der Waals surface area contributed by atoms with E-state index < -0.39 is 0 Å². The number of carbonyl (C=O) groups is 1. The monoisotopic (exact) mass is 239 g/mol. The normalized spacial score (nSPS) is 17.4. The highest BCUT2D eigenvalue weighted by Crippen LogP contribution is 2.21. The van der Waals surface area contributed by atoms with E-state index >= 15 is 0 Å². The number of carbonyl (C=O) groups excluding carboxylic acids is 1. The highest BCUT2D eigenvalue weighted by atomic mass is 32.1. The second-order valence-corrected chi connectivity index (χ2v) is 4.87. The van der Waals surface area contributed by atoms with Crippen LogP contribution >= 0.6 is 11.3 Å². The number of nitrogens with zero attached hydrogens (tertiary/aromatic N) is 2. The molecule has 4 nitrogen and oxygen atoms in total. The average Bonchev–Trinajstić information content (AvgIpc) is 2.83. The first-order valence-corrected chi connectivity index (χ1v) is 6.61. The highest BCUT2D eigenvalue weighted by molar-refractivity contribution is 7.13. The standard InChI is InChI=1S/C11H17N3OS/c1-2-10(15)13-9-3-6-14(7-4-9)11-12-5-8-16-11/h5,8-9H,2-4,6-7H2,1H3,(H,13,15). The molecule has 1 aliphatic rings. The van der Waals surface area contributed by atoms with Crippen LogP contribution < -0.4 is 10.2 Å². The Kier molecular flexibility index (Phi) is 3.77. The van der Waals surface area contributed by atoms with Crippen LogP contribution in [0.1, 0.15) is 26.2 Å². The van der Waals surface area contributed by atoms with E-state index in [1.807, 2.05) is 18.5 Å². The van der Waals surface area contributed by atoms with Gasteiger partial charge >= 0.3 is 0 Å². The zero-order valence-electron chi connectivity index (χ0n) is 9.48. The van der Waals surface area contributed by atoms with Gasteiger partial charge in [-0.25, -0.2) is 4.98 Å². The smallest absolute Gasteiger partial charge is 0.219 e. The number of hydrogen-bond donors (Lipinski definition) is 1. The number of thiazole rings is 1. The van der Waals surface area contributed by atoms with Gasteiger partial charge in [0.05, 0.1) is 0 Å². The molecule has 0 unspecified atom stereocenters. The lowest BCUT2D eigenvalue weighted by atomic mass is 10.1. The molecule has 1 amide bonds. The summed E-state index contributed by atoms with van der Waals surface area (Å²) in [6.07, 6.45) is 4.45. The summed E-state index contributed by atoms with van der Waals surface area (Å²) in [4.78, 5) is 17.8. The molecule has 0 saturated carbocycles. The SMILES string of the molecule is CCC(=O)NC1CCN(c2nccs2)CC1. The number of hydrogen-bond acceptors (Lipinski definition) is 4. The van der Waals surface area contributed by atoms with E-state index in [1.165, 1.54) is 0 Å². The summed E-state index contributed by atoms with van der Waals surface area (Å²) >= 11 is 1.68. The second-order valence-electron chi connectivity index (χ2n) is 4.00. The van der Waals surface area contributed by atoms with Gasteiger partial charge in [0.25, 0.3) is 0 Å². The summed E-state index contributed by atoms with van der Waals surface area (Å²) in [6.45, 7) is 3.87. The molecule has 0 spiro atoms. The summed E-state index contributed by atoms with van der Waals surface area (Å²) in [5, 5.41) is 6.15. The van der Waals surface area contributed by atoms with Crippen LogP contribution in [0, 0.1) is 0 Å². The van der Waals surface area contributed by atoms with Crippen molar-refractivity contribution in [2.45, 2.75) is 32.2 Å². The molecule has 0 aromatic carbocycles. The van der Waals surface area contributed by atoms with Crippen molar-refractivity contribution in [3.05, 3.63) is 11.6 Å². The fourth-order valence-electron chi connectivity index (χ4n) is 1.92. The van der Waals surface area contributed by atoms with Gasteiger partial charge < -0.3 is 10.2 Å². The first kappa shape index (κ1) is 11.4. The number of rotatable bonds is 3. The Balaban J connectivity index is 1.81. The Morgan fingerprint density at radius 2 is 2.38 bits per heavy atom. The van der Waals surface area contributed by atoms with Crippen molar-refractivity contribution in [2.75, 3.05) is 18.0 Å². The molecule has 88 valence electrons. The van der Waals surface area contributed by atoms with Crippen molar-refractivity contribution >= 4 is 22.4 Å². The molecule has 1 N–H and O–H groups in total. The molecule has 1 fully saturated rings. The van der Waals surface area contributed by atoms with Crippen molar-refractivity contribution in [3.8, 4) is 0 Å². The Bertz CT molecular complexity index is 331. The summed E-state index contributed by atoms with van der Waals surface area (Å²) in [5.41, 5.74) is 0. The number of amides is 1. The third-order valence-electron chi connectivity index (χ3n) is 2.87. The summed E-state index contributed by atoms with van der Waals surface area (Å²) in [6, 6.07) is 0.351. The van der Waals surface area contributed by atoms with Gasteiger partial charge in [0, 0.05) is 37.1 Å². The van der Waals surface area contributed by atoms with E-state index in [0.717, 1.165) is 31.1 Å². The van der Waals surface area contributed by atoms with E-state index in [0.29, 0.717) is 12.5 Å². The predicted octanol–water partition coefficient (Wildman–Crippen LogP) is 1.64. The summed E-state index contributed by atoms with van der Waals surface area (Å²) in [7, 11) is 0. The van der Waals surface area contributed by atoms with Crippen LogP contribution in [0.3, 0.4) is 0 Å². The van der Waals surface area contributed by atoms with Crippen LogP contribution in [-0.4, -0.2) is 30.0 Å². The molecule has 2 heterocycles. The molecular formula is C11H17N3OS. The van der Waals surface area contributed by atoms with Gasteiger partial charge in [-0.1, -0.05) is 6.92 Å². The zero-order valence-corrected chi connectivity index (χ0v) is 10.3. The quantitative estimate of drug-likeness (QED) is 0.872. The maximum absolute atomic E-state index is 11.3. The van der Waals surface area contributed by atoms with Crippen LogP contribution in [0.4, 0.5) is 5.13 Å². The van der Waals surface area contributed by atoms with Gasteiger partial charge in [-0.15, -0.1) is 11.3 Å². The maximum Gasteiger partial charge on any atom is 0.219 e. The van der Waals surface area contributed by atoms with Crippen LogP contribution in [0.2, 0.25) is 0 Å². The van der Waals surface area contributed by atoms with Crippen LogP contribution in [0.5, 0.6) is 0 Å². The van der Waals surface area contributed by atoms with Crippen molar-refractivity contribution in [2.24, 2.45) is 0 Å². The van der Waals surface area contributed by atoms with Crippen molar-refractivity contribution in [1.82, 2.24) is 10.3 Å². The molecule has 5 heteroatoms. The van der Waals surface area contributed by atoms with Gasteiger partial charge in [0.2, 0.25) is 5.91 Å². The molecule has 0 atom stereocenters. The molecule has 1 saturated heterocycles. The lowest BCUT2D eigenvalue weighted by molar-refractivity contribution is -0.121. The number of anilines is 1. The minimum atomic E-state index is 0.160. The molecule has 16 heavy (non-hydrogen) atoms. The molecule has 0 radical (unpaired) electrons. The van der Waals surface area contributed by atoms with E-state index in [9.17, 15) is 4.79 Å². The maximum atomic E-state index is 11.3. The second kappa shape index (κ2) is 5.30. The fourth-order valence-corrected chi connectivity index (χ4v) is 2.61. The van der Waals surface area contributed by atoms with Crippen molar-refractivity contribution in [1.29, 1.82) is 0 Å². The summed E-state index contributed by atoms with van der Waals surface area (Å²) in [5.74, 6) is 0.160. The molecule has 1 aromatic rings.